The Bertz CT molecular complexity index is 493. The minimum atomic E-state index is -1.09. The summed E-state index contributed by atoms with van der Waals surface area (Å²) in [5.41, 5.74) is 1.82. The molecule has 24 heavy (non-hydrogen) atoms. The topological polar surface area (TPSA) is 38.0 Å². The Hall–Kier alpha value is -0.510. The second-order valence-electron chi connectivity index (χ2n) is 8.33. The Kier molecular flexibility index (Phi) is 7.83. The Morgan fingerprint density at radius 2 is 1.62 bits per heavy atom. The molecule has 0 saturated heterocycles. The Morgan fingerprint density at radius 3 is 2.04 bits per heavy atom. The summed E-state index contributed by atoms with van der Waals surface area (Å²) in [5.74, 6) is 7.73. The summed E-state index contributed by atoms with van der Waals surface area (Å²) >= 11 is 0. The lowest BCUT2D eigenvalue weighted by molar-refractivity contribution is 0.107. The predicted octanol–water partition coefficient (Wildman–Crippen LogP) is 6.08. The first kappa shape index (κ1) is 21.5. The molecule has 3 unspecified atom stereocenters. The molecule has 3 atom stereocenters. The fourth-order valence-corrected chi connectivity index (χ4v) is 4.73. The third-order valence-electron chi connectivity index (χ3n) is 6.40. The first-order valence-electron chi connectivity index (χ1n) is 9.42. The minimum absolute atomic E-state index is 0.346. The van der Waals surface area contributed by atoms with Gasteiger partial charge in [-0.3, -0.25) is 5.84 Å². The number of rotatable bonds is 9. The maximum atomic E-state index is 5.72. The van der Waals surface area contributed by atoms with Crippen LogP contribution >= 0.6 is 10.2 Å². The van der Waals surface area contributed by atoms with Gasteiger partial charge >= 0.3 is 0 Å². The van der Waals surface area contributed by atoms with E-state index in [9.17, 15) is 0 Å². The van der Waals surface area contributed by atoms with Crippen molar-refractivity contribution in [1.29, 1.82) is 0 Å². The zero-order valence-corrected chi connectivity index (χ0v) is 18.0. The predicted molar refractivity (Wildman–Crippen MR) is 112 cm³/mol. The van der Waals surface area contributed by atoms with Crippen LogP contribution in [-0.2, 0) is 0 Å². The third kappa shape index (κ3) is 4.77. The molecule has 1 aromatic rings. The Balaban J connectivity index is 3.04. The summed E-state index contributed by atoms with van der Waals surface area (Å²) in [6, 6.07) is 9.18. The number of benzene rings is 1. The molecule has 0 aliphatic carbocycles. The van der Waals surface area contributed by atoms with Gasteiger partial charge in [-0.1, -0.05) is 66.5 Å². The van der Waals surface area contributed by atoms with Crippen LogP contribution in [0.2, 0.25) is 0 Å². The first-order valence-corrected chi connectivity index (χ1v) is 11.9. The maximum Gasteiger partial charge on any atom is 0.00288 e. The van der Waals surface area contributed by atoms with Crippen LogP contribution in [0.1, 0.15) is 72.3 Å². The van der Waals surface area contributed by atoms with E-state index in [0.717, 1.165) is 5.92 Å². The highest BCUT2D eigenvalue weighted by atomic mass is 32.3. The summed E-state index contributed by atoms with van der Waals surface area (Å²) in [5, 5.41) is 0. The molecule has 0 amide bonds. The number of hydrazine groups is 1. The van der Waals surface area contributed by atoms with E-state index in [2.05, 4.69) is 83.2 Å². The number of nitrogens with one attached hydrogen (secondary N) is 1. The van der Waals surface area contributed by atoms with Gasteiger partial charge in [-0.25, -0.2) is 4.83 Å². The molecule has 0 aliphatic heterocycles. The van der Waals surface area contributed by atoms with Crippen molar-refractivity contribution in [3.8, 4) is 0 Å². The molecule has 3 heteroatoms. The van der Waals surface area contributed by atoms with Crippen molar-refractivity contribution in [3.63, 3.8) is 0 Å². The first-order chi connectivity index (χ1) is 11.1. The fourth-order valence-electron chi connectivity index (χ4n) is 3.77. The Labute approximate surface area is 152 Å². The van der Waals surface area contributed by atoms with Gasteiger partial charge in [0.15, 0.2) is 0 Å². The summed E-state index contributed by atoms with van der Waals surface area (Å²) in [6.45, 7) is 14.4. The van der Waals surface area contributed by atoms with Crippen LogP contribution in [0.5, 0.6) is 0 Å². The van der Waals surface area contributed by atoms with E-state index in [1.807, 2.05) is 0 Å². The lowest BCUT2D eigenvalue weighted by Crippen LogP contribution is -2.33. The van der Waals surface area contributed by atoms with Gasteiger partial charge in [0.2, 0.25) is 0 Å². The van der Waals surface area contributed by atoms with Gasteiger partial charge in [0.25, 0.3) is 0 Å². The van der Waals surface area contributed by atoms with Gasteiger partial charge in [-0.2, -0.15) is 10.2 Å². The molecule has 0 heterocycles. The molecule has 0 saturated carbocycles. The third-order valence-corrected chi connectivity index (χ3v) is 8.44. The van der Waals surface area contributed by atoms with Gasteiger partial charge < -0.3 is 0 Å². The molecule has 0 fully saturated rings. The minimum Gasteiger partial charge on any atom is -0.263 e. The monoisotopic (exact) mass is 352 g/mol. The molecule has 1 aromatic carbocycles. The van der Waals surface area contributed by atoms with Crippen LogP contribution < -0.4 is 10.7 Å². The van der Waals surface area contributed by atoms with E-state index >= 15 is 0 Å². The number of hydrogen-bond donors (Lipinski definition) is 2. The summed E-state index contributed by atoms with van der Waals surface area (Å²) in [6.07, 6.45) is 8.16. The molecular formula is C21H40N2S. The summed E-state index contributed by atoms with van der Waals surface area (Å²) in [7, 11) is -1.09. The summed E-state index contributed by atoms with van der Waals surface area (Å²) in [4.78, 5) is 4.29. The molecule has 140 valence electrons. The highest BCUT2D eigenvalue weighted by Crippen LogP contribution is 2.47. The highest BCUT2D eigenvalue weighted by Gasteiger charge is 2.36. The van der Waals surface area contributed by atoms with Gasteiger partial charge in [-0.15, -0.1) is 0 Å². The molecule has 0 bridgehead atoms. The number of hydrogen-bond acceptors (Lipinski definition) is 2. The molecular weight excluding hydrogens is 312 g/mol. The lowest BCUT2D eigenvalue weighted by Gasteiger charge is -2.42. The van der Waals surface area contributed by atoms with Crippen molar-refractivity contribution >= 4 is 10.2 Å². The Morgan fingerprint density at radius 1 is 1.08 bits per heavy atom. The van der Waals surface area contributed by atoms with Crippen molar-refractivity contribution in [2.45, 2.75) is 71.6 Å². The largest absolute Gasteiger partial charge is 0.263 e. The van der Waals surface area contributed by atoms with Crippen molar-refractivity contribution < 1.29 is 0 Å². The van der Waals surface area contributed by atoms with Gasteiger partial charge in [0.1, 0.15) is 0 Å². The van der Waals surface area contributed by atoms with Crippen molar-refractivity contribution in [1.82, 2.24) is 4.83 Å². The smallest absolute Gasteiger partial charge is 0.00288 e. The molecule has 0 aliphatic rings. The second-order valence-corrected chi connectivity index (χ2v) is 11.7. The molecule has 0 spiro atoms. The van der Waals surface area contributed by atoms with Crippen LogP contribution in [0.3, 0.4) is 0 Å². The van der Waals surface area contributed by atoms with Crippen molar-refractivity contribution in [2.75, 3.05) is 12.5 Å². The van der Waals surface area contributed by atoms with Crippen LogP contribution in [0.25, 0.3) is 0 Å². The van der Waals surface area contributed by atoms with Crippen LogP contribution in [0.4, 0.5) is 0 Å². The molecule has 0 radical (unpaired) electrons. The molecule has 0 aromatic heterocycles. The zero-order chi connectivity index (χ0) is 18.5. The average molecular weight is 353 g/mol. The zero-order valence-electron chi connectivity index (χ0n) is 17.1. The van der Waals surface area contributed by atoms with E-state index in [0.29, 0.717) is 17.3 Å². The summed E-state index contributed by atoms with van der Waals surface area (Å²) < 4.78 is 0. The van der Waals surface area contributed by atoms with Gasteiger partial charge in [-0.05, 0) is 59.8 Å². The quantitative estimate of drug-likeness (QED) is 0.417. The fraction of sp³-hybridized carbons (Fsp3) is 0.714. The van der Waals surface area contributed by atoms with E-state index in [1.165, 1.54) is 29.7 Å². The van der Waals surface area contributed by atoms with Crippen molar-refractivity contribution in [3.05, 3.63) is 29.8 Å². The van der Waals surface area contributed by atoms with Gasteiger partial charge in [0, 0.05) is 4.90 Å². The average Bonchev–Trinajstić information content (AvgIpc) is 2.56. The van der Waals surface area contributed by atoms with E-state index < -0.39 is 10.2 Å². The highest BCUT2D eigenvalue weighted by molar-refractivity contribution is 8.31. The standard InChI is InChI=1S/C21H40N2S/c1-9-11-16(3)21(5,6)17(4)20(10-2)18-12-14-19(15-13-18)24(7,8)23-22/h12-17,20,23H,9-11,22H2,1-8H3. The second kappa shape index (κ2) is 8.73. The SMILES string of the molecule is CCCC(C)C(C)(C)C(C)C(CC)c1ccc(S(C)(C)NN)cc1. The number of nitrogens with two attached hydrogens (primary N) is 1. The van der Waals surface area contributed by atoms with Crippen LogP contribution in [0.15, 0.2) is 29.2 Å². The van der Waals surface area contributed by atoms with Crippen molar-refractivity contribution in [2.24, 2.45) is 23.1 Å². The lowest BCUT2D eigenvalue weighted by atomic mass is 9.63. The van der Waals surface area contributed by atoms with E-state index in [1.54, 1.807) is 0 Å². The van der Waals surface area contributed by atoms with E-state index in [-0.39, 0.29) is 0 Å². The van der Waals surface area contributed by atoms with Gasteiger partial charge in [0.05, 0.1) is 0 Å². The molecule has 1 rings (SSSR count). The van der Waals surface area contributed by atoms with Crippen LogP contribution in [-0.4, -0.2) is 12.5 Å². The normalized spacial score (nSPS) is 17.4. The van der Waals surface area contributed by atoms with E-state index in [4.69, 9.17) is 5.84 Å². The molecule has 3 N–H and O–H groups in total. The van der Waals surface area contributed by atoms with Crippen LogP contribution in [0, 0.1) is 17.3 Å². The maximum absolute atomic E-state index is 5.72. The molecule has 2 nitrogen and oxygen atoms in total.